The minimum Gasteiger partial charge on any atom is -0.486 e. The monoisotopic (exact) mass is 402 g/mol. The van der Waals surface area contributed by atoms with E-state index in [1.54, 1.807) is 0 Å². The molecule has 5 heteroatoms. The third-order valence-corrected chi connectivity index (χ3v) is 6.00. The van der Waals surface area contributed by atoms with Crippen LogP contribution in [-0.4, -0.2) is 37.1 Å². The molecular weight excluding hydrogens is 376 g/mol. The van der Waals surface area contributed by atoms with Gasteiger partial charge in [0.1, 0.15) is 13.2 Å². The van der Waals surface area contributed by atoms with Crippen molar-refractivity contribution in [1.82, 2.24) is 4.90 Å². The van der Waals surface area contributed by atoms with Gasteiger partial charge < -0.3 is 14.8 Å². The Kier molecular flexibility index (Phi) is 5.28. The summed E-state index contributed by atoms with van der Waals surface area (Å²) >= 11 is 0. The molecule has 1 amide bonds. The van der Waals surface area contributed by atoms with Crippen LogP contribution in [0.1, 0.15) is 30.9 Å². The Balaban J connectivity index is 1.24. The van der Waals surface area contributed by atoms with Gasteiger partial charge in [0.15, 0.2) is 11.5 Å². The van der Waals surface area contributed by atoms with Crippen LogP contribution in [0.4, 0.5) is 5.69 Å². The van der Waals surface area contributed by atoms with Gasteiger partial charge in [0.25, 0.3) is 0 Å². The van der Waals surface area contributed by atoms with Crippen molar-refractivity contribution >= 4 is 22.4 Å². The zero-order valence-electron chi connectivity index (χ0n) is 17.0. The number of carbonyl (C=O) groups excluding carboxylic acids is 1. The second-order valence-electron chi connectivity index (χ2n) is 7.92. The fourth-order valence-electron chi connectivity index (χ4n) is 4.53. The molecule has 5 rings (SSSR count). The maximum Gasteiger partial charge on any atom is 0.225 e. The van der Waals surface area contributed by atoms with Crippen LogP contribution in [0.3, 0.4) is 0 Å². The van der Waals surface area contributed by atoms with E-state index < -0.39 is 0 Å². The lowest BCUT2D eigenvalue weighted by Gasteiger charge is -2.26. The van der Waals surface area contributed by atoms with Crippen molar-refractivity contribution < 1.29 is 14.3 Å². The van der Waals surface area contributed by atoms with E-state index in [-0.39, 0.29) is 5.91 Å². The number of amides is 1. The van der Waals surface area contributed by atoms with E-state index in [1.165, 1.54) is 5.56 Å². The molecule has 0 saturated carbocycles. The van der Waals surface area contributed by atoms with Gasteiger partial charge in [-0.1, -0.05) is 42.5 Å². The number of nitrogens with one attached hydrogen (secondary N) is 1. The molecule has 0 spiro atoms. The van der Waals surface area contributed by atoms with Crippen molar-refractivity contribution in [1.29, 1.82) is 0 Å². The molecule has 1 atom stereocenters. The van der Waals surface area contributed by atoms with Crippen LogP contribution in [0.25, 0.3) is 10.8 Å². The second-order valence-corrected chi connectivity index (χ2v) is 7.92. The molecule has 1 N–H and O–H groups in total. The van der Waals surface area contributed by atoms with Gasteiger partial charge in [-0.05, 0) is 48.5 Å². The van der Waals surface area contributed by atoms with Crippen LogP contribution in [0.15, 0.2) is 60.7 Å². The van der Waals surface area contributed by atoms with Crippen molar-refractivity contribution in [3.8, 4) is 11.5 Å². The molecule has 154 valence electrons. The number of hydrogen-bond donors (Lipinski definition) is 1. The number of anilines is 1. The topological polar surface area (TPSA) is 50.8 Å². The normalized spacial score (nSPS) is 18.5. The van der Waals surface area contributed by atoms with Crippen molar-refractivity contribution in [2.75, 3.05) is 31.6 Å². The first-order chi connectivity index (χ1) is 14.8. The first-order valence-corrected chi connectivity index (χ1v) is 10.7. The molecule has 0 aliphatic carbocycles. The van der Waals surface area contributed by atoms with E-state index >= 15 is 0 Å². The van der Waals surface area contributed by atoms with Crippen LogP contribution in [0.2, 0.25) is 0 Å². The third kappa shape index (κ3) is 3.85. The summed E-state index contributed by atoms with van der Waals surface area (Å²) in [6, 6.07) is 20.7. The molecule has 1 unspecified atom stereocenters. The van der Waals surface area contributed by atoms with Gasteiger partial charge in [-0.2, -0.15) is 0 Å². The van der Waals surface area contributed by atoms with Gasteiger partial charge in [-0.25, -0.2) is 0 Å². The molecule has 0 aromatic heterocycles. The van der Waals surface area contributed by atoms with Crippen molar-refractivity contribution in [2.45, 2.75) is 25.3 Å². The lowest BCUT2D eigenvalue weighted by atomic mass is 10.0. The SMILES string of the molecule is O=C(CCN1CCCC1c1ccc2c(c1)OCCO2)Nc1cccc2ccccc12. The van der Waals surface area contributed by atoms with E-state index in [9.17, 15) is 4.79 Å². The number of benzene rings is 3. The van der Waals surface area contributed by atoms with Crippen molar-refractivity contribution in [2.24, 2.45) is 0 Å². The summed E-state index contributed by atoms with van der Waals surface area (Å²) in [5, 5.41) is 5.31. The summed E-state index contributed by atoms with van der Waals surface area (Å²) in [6.45, 7) is 2.96. The van der Waals surface area contributed by atoms with E-state index in [2.05, 4.69) is 34.5 Å². The first kappa shape index (κ1) is 18.9. The quantitative estimate of drug-likeness (QED) is 0.668. The largest absolute Gasteiger partial charge is 0.486 e. The molecule has 5 nitrogen and oxygen atoms in total. The molecular formula is C25H26N2O3. The van der Waals surface area contributed by atoms with Crippen molar-refractivity contribution in [3.63, 3.8) is 0 Å². The molecule has 2 aliphatic rings. The number of likely N-dealkylation sites (tertiary alicyclic amines) is 1. The average Bonchev–Trinajstić information content (AvgIpc) is 3.26. The van der Waals surface area contributed by atoms with Crippen LogP contribution >= 0.6 is 0 Å². The number of rotatable bonds is 5. The predicted octanol–water partition coefficient (Wildman–Crippen LogP) is 4.78. The van der Waals surface area contributed by atoms with E-state index in [4.69, 9.17) is 9.47 Å². The van der Waals surface area contributed by atoms with Gasteiger partial charge in [0.05, 0.1) is 0 Å². The molecule has 1 saturated heterocycles. The van der Waals surface area contributed by atoms with Gasteiger partial charge >= 0.3 is 0 Å². The summed E-state index contributed by atoms with van der Waals surface area (Å²) in [4.78, 5) is 15.1. The standard InChI is InChI=1S/C25H26N2O3/c28-25(26-21-8-3-6-18-5-1-2-7-20(18)21)12-14-27-13-4-9-22(27)19-10-11-23-24(17-19)30-16-15-29-23/h1-3,5-8,10-11,17,22H,4,9,12-16H2,(H,26,28). The minimum atomic E-state index is 0.0548. The third-order valence-electron chi connectivity index (χ3n) is 6.00. The average molecular weight is 402 g/mol. The number of hydrogen-bond acceptors (Lipinski definition) is 4. The van der Waals surface area contributed by atoms with Crippen LogP contribution in [-0.2, 0) is 4.79 Å². The van der Waals surface area contributed by atoms with E-state index in [1.807, 2.05) is 36.4 Å². The Morgan fingerprint density at radius 3 is 2.77 bits per heavy atom. The number of nitrogens with zero attached hydrogens (tertiary/aromatic N) is 1. The summed E-state index contributed by atoms with van der Waals surface area (Å²) in [5.74, 6) is 1.71. The molecule has 0 bridgehead atoms. The highest BCUT2D eigenvalue weighted by molar-refractivity contribution is 6.02. The van der Waals surface area contributed by atoms with Crippen LogP contribution in [0.5, 0.6) is 11.5 Å². The summed E-state index contributed by atoms with van der Waals surface area (Å²) < 4.78 is 11.4. The second kappa shape index (κ2) is 8.36. The lowest BCUT2D eigenvalue weighted by molar-refractivity contribution is -0.116. The zero-order valence-corrected chi connectivity index (χ0v) is 17.0. The molecule has 3 aromatic carbocycles. The first-order valence-electron chi connectivity index (χ1n) is 10.7. The molecule has 2 heterocycles. The highest BCUT2D eigenvalue weighted by Gasteiger charge is 2.27. The number of fused-ring (bicyclic) bond motifs is 2. The van der Waals surface area contributed by atoms with Gasteiger partial charge in [-0.15, -0.1) is 0 Å². The molecule has 0 radical (unpaired) electrons. The zero-order chi connectivity index (χ0) is 20.3. The maximum atomic E-state index is 12.7. The summed E-state index contributed by atoms with van der Waals surface area (Å²) in [5.41, 5.74) is 2.12. The fraction of sp³-hybridized carbons (Fsp3) is 0.320. The molecule has 2 aliphatic heterocycles. The fourth-order valence-corrected chi connectivity index (χ4v) is 4.53. The number of carbonyl (C=O) groups is 1. The van der Waals surface area contributed by atoms with E-state index in [0.717, 1.165) is 53.9 Å². The van der Waals surface area contributed by atoms with Crippen LogP contribution < -0.4 is 14.8 Å². The Morgan fingerprint density at radius 1 is 1.00 bits per heavy atom. The molecule has 30 heavy (non-hydrogen) atoms. The lowest BCUT2D eigenvalue weighted by Crippen LogP contribution is -2.28. The predicted molar refractivity (Wildman–Crippen MR) is 118 cm³/mol. The Labute approximate surface area is 176 Å². The van der Waals surface area contributed by atoms with Gasteiger partial charge in [0, 0.05) is 30.1 Å². The van der Waals surface area contributed by atoms with Gasteiger partial charge in [-0.3, -0.25) is 9.69 Å². The summed E-state index contributed by atoms with van der Waals surface area (Å²) in [6.07, 6.45) is 2.72. The Morgan fingerprint density at radius 2 is 1.83 bits per heavy atom. The smallest absolute Gasteiger partial charge is 0.225 e. The highest BCUT2D eigenvalue weighted by atomic mass is 16.6. The number of ether oxygens (including phenoxy) is 2. The summed E-state index contributed by atoms with van der Waals surface area (Å²) in [7, 11) is 0. The van der Waals surface area contributed by atoms with E-state index in [0.29, 0.717) is 25.7 Å². The highest BCUT2D eigenvalue weighted by Crippen LogP contribution is 2.38. The minimum absolute atomic E-state index is 0.0548. The Hall–Kier alpha value is -3.05. The molecule has 1 fully saturated rings. The van der Waals surface area contributed by atoms with Gasteiger partial charge in [0.2, 0.25) is 5.91 Å². The van der Waals surface area contributed by atoms with Crippen molar-refractivity contribution in [3.05, 3.63) is 66.2 Å². The Bertz CT molecular complexity index is 1060. The molecule has 3 aromatic rings. The maximum absolute atomic E-state index is 12.7. The van der Waals surface area contributed by atoms with Crippen LogP contribution in [0, 0.1) is 0 Å².